The van der Waals surface area contributed by atoms with E-state index in [1.54, 1.807) is 0 Å². The van der Waals surface area contributed by atoms with Gasteiger partial charge in [-0.05, 0) is 29.7 Å². The molecule has 0 spiro atoms. The zero-order valence-corrected chi connectivity index (χ0v) is 13.9. The van der Waals surface area contributed by atoms with E-state index in [1.807, 2.05) is 42.5 Å². The maximum atomic E-state index is 5.62. The molecule has 0 aliphatic heterocycles. The number of para-hydroxylation sites is 2. The number of rotatable bonds is 7. The van der Waals surface area contributed by atoms with Gasteiger partial charge in [-0.2, -0.15) is 0 Å². The Morgan fingerprint density at radius 1 is 0.958 bits per heavy atom. The molecule has 0 aliphatic carbocycles. The molecule has 0 radical (unpaired) electrons. The lowest BCUT2D eigenvalue weighted by molar-refractivity contribution is 0.259. The summed E-state index contributed by atoms with van der Waals surface area (Å²) in [6, 6.07) is 17.8. The van der Waals surface area contributed by atoms with Crippen LogP contribution >= 0.6 is 0 Å². The van der Waals surface area contributed by atoms with Gasteiger partial charge in [-0.15, -0.1) is 10.2 Å². The predicted octanol–water partition coefficient (Wildman–Crippen LogP) is 4.38. The van der Waals surface area contributed by atoms with Crippen molar-refractivity contribution in [2.75, 3.05) is 5.32 Å². The number of aromatic nitrogens is 2. The second kappa shape index (κ2) is 7.64. The number of benzene rings is 2. The molecule has 0 unspecified atom stereocenters. The van der Waals surface area contributed by atoms with Gasteiger partial charge in [0.05, 0.1) is 6.54 Å². The Morgan fingerprint density at radius 2 is 1.67 bits per heavy atom. The lowest BCUT2D eigenvalue weighted by Gasteiger charge is -2.13. The van der Waals surface area contributed by atoms with Crippen LogP contribution in [-0.2, 0) is 13.2 Å². The first-order valence-corrected chi connectivity index (χ1v) is 8.04. The minimum Gasteiger partial charge on any atom is -0.484 e. The van der Waals surface area contributed by atoms with Crippen molar-refractivity contribution in [3.05, 3.63) is 71.9 Å². The zero-order valence-electron chi connectivity index (χ0n) is 13.9. The van der Waals surface area contributed by atoms with E-state index >= 15 is 0 Å². The van der Waals surface area contributed by atoms with Crippen molar-refractivity contribution in [1.29, 1.82) is 0 Å². The SMILES string of the molecule is CC(C)c1ccccc1NCc1nnc(COc2ccccc2)o1. The smallest absolute Gasteiger partial charge is 0.253 e. The van der Waals surface area contributed by atoms with Gasteiger partial charge in [0.2, 0.25) is 5.89 Å². The van der Waals surface area contributed by atoms with Gasteiger partial charge in [0.25, 0.3) is 5.89 Å². The molecule has 2 aromatic carbocycles. The van der Waals surface area contributed by atoms with Crippen molar-refractivity contribution in [2.24, 2.45) is 0 Å². The van der Waals surface area contributed by atoms with E-state index in [4.69, 9.17) is 9.15 Å². The van der Waals surface area contributed by atoms with Gasteiger partial charge in [-0.25, -0.2) is 0 Å². The Balaban J connectivity index is 1.57. The molecule has 0 saturated heterocycles. The molecule has 0 saturated carbocycles. The van der Waals surface area contributed by atoms with Crippen molar-refractivity contribution in [1.82, 2.24) is 10.2 Å². The largest absolute Gasteiger partial charge is 0.484 e. The first-order chi connectivity index (χ1) is 11.7. The highest BCUT2D eigenvalue weighted by atomic mass is 16.5. The molecule has 0 bridgehead atoms. The van der Waals surface area contributed by atoms with E-state index in [0.717, 1.165) is 11.4 Å². The maximum Gasteiger partial charge on any atom is 0.253 e. The Kier molecular flexibility index (Phi) is 5.11. The molecule has 5 heteroatoms. The predicted molar refractivity (Wildman–Crippen MR) is 92.9 cm³/mol. The van der Waals surface area contributed by atoms with Crippen LogP contribution in [0.2, 0.25) is 0 Å². The Labute approximate surface area is 141 Å². The van der Waals surface area contributed by atoms with Crippen LogP contribution in [0.5, 0.6) is 5.75 Å². The van der Waals surface area contributed by atoms with Crippen LogP contribution in [0.4, 0.5) is 5.69 Å². The van der Waals surface area contributed by atoms with E-state index in [-0.39, 0.29) is 6.61 Å². The molecule has 0 atom stereocenters. The van der Waals surface area contributed by atoms with Gasteiger partial charge in [0.1, 0.15) is 5.75 Å². The molecule has 1 heterocycles. The highest BCUT2D eigenvalue weighted by Crippen LogP contribution is 2.24. The van der Waals surface area contributed by atoms with Crippen molar-refractivity contribution in [3.63, 3.8) is 0 Å². The zero-order chi connectivity index (χ0) is 16.8. The monoisotopic (exact) mass is 323 g/mol. The van der Waals surface area contributed by atoms with Gasteiger partial charge in [-0.3, -0.25) is 0 Å². The third-order valence-electron chi connectivity index (χ3n) is 3.63. The lowest BCUT2D eigenvalue weighted by atomic mass is 10.0. The van der Waals surface area contributed by atoms with E-state index in [9.17, 15) is 0 Å². The molecular weight excluding hydrogens is 302 g/mol. The molecule has 24 heavy (non-hydrogen) atoms. The van der Waals surface area contributed by atoms with Crippen LogP contribution in [0.15, 0.2) is 59.0 Å². The van der Waals surface area contributed by atoms with Gasteiger partial charge in [0.15, 0.2) is 6.61 Å². The quantitative estimate of drug-likeness (QED) is 0.699. The second-order valence-corrected chi connectivity index (χ2v) is 5.79. The fourth-order valence-corrected chi connectivity index (χ4v) is 2.41. The van der Waals surface area contributed by atoms with Crippen molar-refractivity contribution < 1.29 is 9.15 Å². The highest BCUT2D eigenvalue weighted by molar-refractivity contribution is 5.52. The van der Waals surface area contributed by atoms with Crippen molar-refractivity contribution in [2.45, 2.75) is 32.9 Å². The van der Waals surface area contributed by atoms with Crippen LogP contribution in [0.3, 0.4) is 0 Å². The summed E-state index contributed by atoms with van der Waals surface area (Å²) in [5, 5.41) is 11.4. The average Bonchev–Trinajstić information content (AvgIpc) is 3.07. The first kappa shape index (κ1) is 16.1. The number of hydrogen-bond acceptors (Lipinski definition) is 5. The van der Waals surface area contributed by atoms with Crippen molar-refractivity contribution in [3.8, 4) is 5.75 Å². The standard InChI is InChI=1S/C19H21N3O2/c1-14(2)16-10-6-7-11-17(16)20-12-18-21-22-19(24-18)13-23-15-8-4-3-5-9-15/h3-11,14,20H,12-13H2,1-2H3. The van der Waals surface area contributed by atoms with Crippen LogP contribution in [0, 0.1) is 0 Å². The number of ether oxygens (including phenoxy) is 1. The number of nitrogens with one attached hydrogen (secondary N) is 1. The van der Waals surface area contributed by atoms with Gasteiger partial charge >= 0.3 is 0 Å². The molecule has 1 N–H and O–H groups in total. The summed E-state index contributed by atoms with van der Waals surface area (Å²) in [6.07, 6.45) is 0. The van der Waals surface area contributed by atoms with Crippen LogP contribution in [-0.4, -0.2) is 10.2 Å². The third kappa shape index (κ3) is 4.13. The Morgan fingerprint density at radius 3 is 2.46 bits per heavy atom. The molecule has 5 nitrogen and oxygen atoms in total. The van der Waals surface area contributed by atoms with Crippen LogP contribution in [0.25, 0.3) is 0 Å². The number of nitrogens with zero attached hydrogens (tertiary/aromatic N) is 2. The molecule has 3 rings (SSSR count). The summed E-state index contributed by atoms with van der Waals surface area (Å²) in [7, 11) is 0. The average molecular weight is 323 g/mol. The van der Waals surface area contributed by atoms with Crippen molar-refractivity contribution >= 4 is 5.69 Å². The van der Waals surface area contributed by atoms with Crippen LogP contribution < -0.4 is 10.1 Å². The van der Waals surface area contributed by atoms with Gasteiger partial charge < -0.3 is 14.5 Å². The summed E-state index contributed by atoms with van der Waals surface area (Å²) in [5.41, 5.74) is 2.36. The normalized spacial score (nSPS) is 10.8. The molecular formula is C19H21N3O2. The minimum atomic E-state index is 0.263. The van der Waals surface area contributed by atoms with Gasteiger partial charge in [0, 0.05) is 5.69 Å². The summed E-state index contributed by atoms with van der Waals surface area (Å²) >= 11 is 0. The summed E-state index contributed by atoms with van der Waals surface area (Å²) in [5.74, 6) is 2.24. The molecule has 1 aromatic heterocycles. The Hall–Kier alpha value is -2.82. The summed E-state index contributed by atoms with van der Waals surface area (Å²) in [6.45, 7) is 5.10. The molecule has 124 valence electrons. The van der Waals surface area contributed by atoms with E-state index < -0.39 is 0 Å². The molecule has 0 aliphatic rings. The first-order valence-electron chi connectivity index (χ1n) is 8.04. The van der Waals surface area contributed by atoms with Crippen LogP contribution in [0.1, 0.15) is 37.1 Å². The Bertz CT molecular complexity index is 769. The molecule has 3 aromatic rings. The fraction of sp³-hybridized carbons (Fsp3) is 0.263. The fourth-order valence-electron chi connectivity index (χ4n) is 2.41. The third-order valence-corrected chi connectivity index (χ3v) is 3.63. The van der Waals surface area contributed by atoms with E-state index in [2.05, 4.69) is 41.5 Å². The maximum absolute atomic E-state index is 5.62. The number of hydrogen-bond donors (Lipinski definition) is 1. The second-order valence-electron chi connectivity index (χ2n) is 5.79. The molecule has 0 fully saturated rings. The highest BCUT2D eigenvalue weighted by Gasteiger charge is 2.09. The molecule has 0 amide bonds. The minimum absolute atomic E-state index is 0.263. The summed E-state index contributed by atoms with van der Waals surface area (Å²) < 4.78 is 11.2. The van der Waals surface area contributed by atoms with E-state index in [1.165, 1.54) is 5.56 Å². The van der Waals surface area contributed by atoms with Gasteiger partial charge in [-0.1, -0.05) is 50.2 Å². The number of anilines is 1. The topological polar surface area (TPSA) is 60.2 Å². The summed E-state index contributed by atoms with van der Waals surface area (Å²) in [4.78, 5) is 0. The van der Waals surface area contributed by atoms with E-state index in [0.29, 0.717) is 24.2 Å². The lowest BCUT2D eigenvalue weighted by Crippen LogP contribution is -2.03.